The molecule has 0 atom stereocenters. The Labute approximate surface area is 149 Å². The molecule has 0 unspecified atom stereocenters. The van der Waals surface area contributed by atoms with Gasteiger partial charge in [-0.1, -0.05) is 78.3 Å². The highest BCUT2D eigenvalue weighted by Gasteiger charge is 2.00. The van der Waals surface area contributed by atoms with Crippen LogP contribution in [0.4, 0.5) is 5.69 Å². The zero-order chi connectivity index (χ0) is 18.8. The molecule has 2 aromatic rings. The van der Waals surface area contributed by atoms with Crippen LogP contribution in [0.2, 0.25) is 0 Å². The van der Waals surface area contributed by atoms with Crippen LogP contribution >= 0.6 is 0 Å². The maximum Gasteiger partial charge on any atom is 0.119 e. The predicted molar refractivity (Wildman–Crippen MR) is 111 cm³/mol. The van der Waals surface area contributed by atoms with Crippen molar-refractivity contribution in [2.24, 2.45) is 0 Å². The van der Waals surface area contributed by atoms with Crippen molar-refractivity contribution in [1.82, 2.24) is 0 Å². The number of carbonyl (C=O) groups is 1. The van der Waals surface area contributed by atoms with Gasteiger partial charge in [0, 0.05) is 25.7 Å². The molecule has 0 spiro atoms. The molecule has 0 aliphatic heterocycles. The van der Waals surface area contributed by atoms with E-state index in [0.29, 0.717) is 6.42 Å². The van der Waals surface area contributed by atoms with Crippen LogP contribution in [0.25, 0.3) is 10.8 Å². The Bertz CT molecular complexity index is 522. The lowest BCUT2D eigenvalue weighted by Gasteiger charge is -2.19. The number of aldehydes is 1. The van der Waals surface area contributed by atoms with Crippen molar-refractivity contribution < 1.29 is 4.79 Å². The number of fused-ring (bicyclic) bond motifs is 1. The van der Waals surface area contributed by atoms with E-state index in [1.165, 1.54) is 29.3 Å². The van der Waals surface area contributed by atoms with Crippen LogP contribution in [0, 0.1) is 0 Å². The molecule has 0 aromatic heterocycles. The second kappa shape index (κ2) is 17.5. The SMILES string of the molecule is CC.CC.CCC=O.CCCCN(C)c1ccc2ccccc2c1. The molecule has 0 aliphatic carbocycles. The predicted octanol–water partition coefficient (Wildman–Crippen LogP) is 6.72. The molecule has 2 heteroatoms. The highest BCUT2D eigenvalue weighted by molar-refractivity contribution is 5.85. The lowest BCUT2D eigenvalue weighted by Crippen LogP contribution is -2.17. The van der Waals surface area contributed by atoms with Gasteiger partial charge in [-0.2, -0.15) is 0 Å². The third-order valence-electron chi connectivity index (χ3n) is 3.19. The van der Waals surface area contributed by atoms with E-state index in [2.05, 4.69) is 61.3 Å². The average Bonchev–Trinajstić information content (AvgIpc) is 2.69. The Morgan fingerprint density at radius 2 is 1.46 bits per heavy atom. The molecule has 2 rings (SSSR count). The van der Waals surface area contributed by atoms with Crippen LogP contribution in [-0.4, -0.2) is 19.9 Å². The zero-order valence-corrected chi connectivity index (χ0v) is 16.8. The Balaban J connectivity index is 0. The Morgan fingerprint density at radius 3 is 1.96 bits per heavy atom. The molecule has 2 aromatic carbocycles. The normalized spacial score (nSPS) is 8.62. The number of carbonyl (C=O) groups excluding carboxylic acids is 1. The summed E-state index contributed by atoms with van der Waals surface area (Å²) in [7, 11) is 2.17. The number of hydrogen-bond donors (Lipinski definition) is 0. The summed E-state index contributed by atoms with van der Waals surface area (Å²) in [4.78, 5) is 11.5. The van der Waals surface area contributed by atoms with Gasteiger partial charge in [-0.3, -0.25) is 0 Å². The fourth-order valence-electron chi connectivity index (χ4n) is 1.94. The number of rotatable bonds is 5. The largest absolute Gasteiger partial charge is 0.375 e. The molecule has 0 amide bonds. The molecule has 136 valence electrons. The molecule has 0 N–H and O–H groups in total. The van der Waals surface area contributed by atoms with E-state index in [1.807, 2.05) is 34.6 Å². The average molecular weight is 332 g/mol. The maximum atomic E-state index is 9.17. The second-order valence-corrected chi connectivity index (χ2v) is 4.88. The van der Waals surface area contributed by atoms with Crippen molar-refractivity contribution in [2.45, 2.75) is 60.8 Å². The van der Waals surface area contributed by atoms with Crippen molar-refractivity contribution >= 4 is 22.7 Å². The molecule has 0 saturated carbocycles. The van der Waals surface area contributed by atoms with E-state index in [-0.39, 0.29) is 0 Å². The Morgan fingerprint density at radius 1 is 0.917 bits per heavy atom. The lowest BCUT2D eigenvalue weighted by molar-refractivity contribution is -0.107. The molecule has 0 fully saturated rings. The van der Waals surface area contributed by atoms with Gasteiger partial charge in [0.2, 0.25) is 0 Å². The summed E-state index contributed by atoms with van der Waals surface area (Å²) in [6, 6.07) is 15.2. The third kappa shape index (κ3) is 10.0. The number of unbranched alkanes of at least 4 members (excludes halogenated alkanes) is 1. The van der Waals surface area contributed by atoms with Gasteiger partial charge in [0.1, 0.15) is 6.29 Å². The van der Waals surface area contributed by atoms with Crippen LogP contribution in [-0.2, 0) is 4.79 Å². The molecule has 0 heterocycles. The summed E-state index contributed by atoms with van der Waals surface area (Å²) in [6.07, 6.45) is 4.02. The molecule has 0 radical (unpaired) electrons. The van der Waals surface area contributed by atoms with Crippen LogP contribution in [0.3, 0.4) is 0 Å². The van der Waals surface area contributed by atoms with Crippen LogP contribution in [0.5, 0.6) is 0 Å². The van der Waals surface area contributed by atoms with E-state index in [9.17, 15) is 4.79 Å². The highest BCUT2D eigenvalue weighted by Crippen LogP contribution is 2.21. The number of nitrogens with zero attached hydrogens (tertiary/aromatic N) is 1. The molecular weight excluding hydrogens is 294 g/mol. The van der Waals surface area contributed by atoms with Gasteiger partial charge in [-0.15, -0.1) is 0 Å². The number of benzene rings is 2. The van der Waals surface area contributed by atoms with Gasteiger partial charge in [0.05, 0.1) is 0 Å². The summed E-state index contributed by atoms with van der Waals surface area (Å²) in [5.74, 6) is 0. The lowest BCUT2D eigenvalue weighted by atomic mass is 10.1. The second-order valence-electron chi connectivity index (χ2n) is 4.88. The molecule has 0 bridgehead atoms. The van der Waals surface area contributed by atoms with Gasteiger partial charge in [-0.05, 0) is 29.3 Å². The summed E-state index contributed by atoms with van der Waals surface area (Å²) in [6.45, 7) is 13.2. The van der Waals surface area contributed by atoms with Crippen LogP contribution < -0.4 is 4.90 Å². The quantitative estimate of drug-likeness (QED) is 0.566. The Hall–Kier alpha value is -1.83. The number of hydrogen-bond acceptors (Lipinski definition) is 2. The standard InChI is InChI=1S/C15H19N.C3H6O.2C2H6/c1-3-4-11-16(2)15-10-9-13-7-5-6-8-14(13)12-15;1-2-3-4;2*1-2/h5-10,12H,3-4,11H2,1-2H3;3H,2H2,1H3;2*1-2H3. The molecule has 0 aliphatic rings. The molecule has 2 nitrogen and oxygen atoms in total. The molecule has 24 heavy (non-hydrogen) atoms. The minimum Gasteiger partial charge on any atom is -0.375 e. The van der Waals surface area contributed by atoms with E-state index in [0.717, 1.165) is 12.8 Å². The Kier molecular flexibility index (Phi) is 17.8. The highest BCUT2D eigenvalue weighted by atomic mass is 16.1. The summed E-state index contributed by atoms with van der Waals surface area (Å²) < 4.78 is 0. The van der Waals surface area contributed by atoms with Crippen LogP contribution in [0.15, 0.2) is 42.5 Å². The minimum atomic E-state index is 0.639. The van der Waals surface area contributed by atoms with E-state index >= 15 is 0 Å². The fraction of sp³-hybridized carbons (Fsp3) is 0.500. The van der Waals surface area contributed by atoms with Gasteiger partial charge in [0.25, 0.3) is 0 Å². The van der Waals surface area contributed by atoms with Gasteiger partial charge >= 0.3 is 0 Å². The minimum absolute atomic E-state index is 0.639. The van der Waals surface area contributed by atoms with E-state index in [1.54, 1.807) is 0 Å². The molecular formula is C22H37NO. The third-order valence-corrected chi connectivity index (χ3v) is 3.19. The maximum absolute atomic E-state index is 9.17. The smallest absolute Gasteiger partial charge is 0.119 e. The molecule has 0 saturated heterocycles. The van der Waals surface area contributed by atoms with Gasteiger partial charge in [-0.25, -0.2) is 0 Å². The first-order valence-electron chi connectivity index (χ1n) is 9.36. The van der Waals surface area contributed by atoms with Crippen LogP contribution in [0.1, 0.15) is 60.8 Å². The van der Waals surface area contributed by atoms with E-state index in [4.69, 9.17) is 0 Å². The number of anilines is 1. The van der Waals surface area contributed by atoms with Crippen molar-refractivity contribution in [3.05, 3.63) is 42.5 Å². The van der Waals surface area contributed by atoms with Crippen molar-refractivity contribution in [2.75, 3.05) is 18.5 Å². The fourth-order valence-corrected chi connectivity index (χ4v) is 1.94. The van der Waals surface area contributed by atoms with Gasteiger partial charge in [0.15, 0.2) is 0 Å². The van der Waals surface area contributed by atoms with Crippen molar-refractivity contribution in [3.8, 4) is 0 Å². The van der Waals surface area contributed by atoms with Crippen molar-refractivity contribution in [3.63, 3.8) is 0 Å². The summed E-state index contributed by atoms with van der Waals surface area (Å²) >= 11 is 0. The monoisotopic (exact) mass is 331 g/mol. The first kappa shape index (κ1) is 24.4. The van der Waals surface area contributed by atoms with Gasteiger partial charge < -0.3 is 9.69 Å². The van der Waals surface area contributed by atoms with E-state index < -0.39 is 0 Å². The first-order valence-corrected chi connectivity index (χ1v) is 9.36. The zero-order valence-electron chi connectivity index (χ0n) is 16.8. The summed E-state index contributed by atoms with van der Waals surface area (Å²) in [5, 5.41) is 2.64. The topological polar surface area (TPSA) is 20.3 Å². The van der Waals surface area contributed by atoms with Crippen molar-refractivity contribution in [1.29, 1.82) is 0 Å². The summed E-state index contributed by atoms with van der Waals surface area (Å²) in [5.41, 5.74) is 1.31. The first-order chi connectivity index (χ1) is 11.7.